The molecule has 98 valence electrons. The molecule has 1 heterocycles. The lowest BCUT2D eigenvalue weighted by molar-refractivity contribution is 0.0696. The molecule has 0 aromatic heterocycles. The molecule has 1 saturated heterocycles. The second-order valence-corrected chi connectivity index (χ2v) is 6.75. The molecule has 0 aliphatic carbocycles. The lowest BCUT2D eigenvalue weighted by Crippen LogP contribution is -2.40. The maximum absolute atomic E-state index is 11.3. The molecule has 1 aliphatic rings. The summed E-state index contributed by atoms with van der Waals surface area (Å²) in [5.74, 6) is -0.625. The predicted molar refractivity (Wildman–Crippen MR) is 69.0 cm³/mol. The molecule has 0 radical (unpaired) electrons. The van der Waals surface area contributed by atoms with Gasteiger partial charge < -0.3 is 10.0 Å². The van der Waals surface area contributed by atoms with E-state index in [0.29, 0.717) is 18.7 Å². The highest BCUT2D eigenvalue weighted by Crippen LogP contribution is 2.21. The number of hydrogen-bond donors (Lipinski definition) is 1. The molecule has 6 heteroatoms. The quantitative estimate of drug-likeness (QED) is 0.864. The highest BCUT2D eigenvalue weighted by atomic mass is 32.2. The summed E-state index contributed by atoms with van der Waals surface area (Å²) in [4.78, 5) is 12.9. The van der Waals surface area contributed by atoms with Crippen LogP contribution in [0.5, 0.6) is 0 Å². The average Bonchev–Trinajstić information content (AvgIpc) is 2.28. The van der Waals surface area contributed by atoms with Gasteiger partial charge in [0.2, 0.25) is 0 Å². The molecular weight excluding hydrogens is 254 g/mol. The molecule has 1 aliphatic heterocycles. The minimum Gasteiger partial charge on any atom is -0.478 e. The molecule has 1 aromatic rings. The smallest absolute Gasteiger partial charge is 0.335 e. The van der Waals surface area contributed by atoms with E-state index in [4.69, 9.17) is 5.11 Å². The van der Waals surface area contributed by atoms with Gasteiger partial charge in [-0.3, -0.25) is 0 Å². The van der Waals surface area contributed by atoms with Crippen LogP contribution in [-0.4, -0.2) is 44.1 Å². The first kappa shape index (κ1) is 12.9. The Morgan fingerprint density at radius 2 is 1.89 bits per heavy atom. The van der Waals surface area contributed by atoms with Crippen molar-refractivity contribution in [2.24, 2.45) is 0 Å². The largest absolute Gasteiger partial charge is 0.478 e. The first-order valence-corrected chi connectivity index (χ1v) is 7.50. The summed E-state index contributed by atoms with van der Waals surface area (Å²) in [5, 5.41) is 8.94. The van der Waals surface area contributed by atoms with Crippen molar-refractivity contribution in [3.8, 4) is 0 Å². The van der Waals surface area contributed by atoms with E-state index < -0.39 is 15.8 Å². The Morgan fingerprint density at radius 3 is 2.39 bits per heavy atom. The third-order valence-electron chi connectivity index (χ3n) is 3.15. The number of sulfone groups is 1. The summed E-state index contributed by atoms with van der Waals surface area (Å²) in [5.41, 5.74) is 1.85. The Hall–Kier alpha value is -1.56. The molecule has 0 saturated carbocycles. The van der Waals surface area contributed by atoms with E-state index in [1.54, 1.807) is 25.1 Å². The number of rotatable bonds is 2. The first-order chi connectivity index (χ1) is 8.39. The number of aryl methyl sites for hydroxylation is 1. The lowest BCUT2D eigenvalue weighted by Gasteiger charge is -2.29. The van der Waals surface area contributed by atoms with Crippen LogP contribution < -0.4 is 4.90 Å². The SMILES string of the molecule is Cc1cc(N2CCS(=O)(=O)CC2)ccc1C(=O)O. The maximum Gasteiger partial charge on any atom is 0.335 e. The molecule has 0 bridgehead atoms. The van der Waals surface area contributed by atoms with Crippen molar-refractivity contribution in [2.45, 2.75) is 6.92 Å². The van der Waals surface area contributed by atoms with Crippen LogP contribution in [0.1, 0.15) is 15.9 Å². The van der Waals surface area contributed by atoms with Crippen LogP contribution in [0.4, 0.5) is 5.69 Å². The van der Waals surface area contributed by atoms with Gasteiger partial charge in [-0.25, -0.2) is 13.2 Å². The minimum atomic E-state index is -2.89. The van der Waals surface area contributed by atoms with Crippen LogP contribution in [0.25, 0.3) is 0 Å². The van der Waals surface area contributed by atoms with Gasteiger partial charge in [0, 0.05) is 18.8 Å². The van der Waals surface area contributed by atoms with Gasteiger partial charge in [0.25, 0.3) is 0 Å². The number of benzene rings is 1. The molecule has 1 N–H and O–H groups in total. The van der Waals surface area contributed by atoms with Crippen molar-refractivity contribution < 1.29 is 18.3 Å². The number of hydrogen-bond acceptors (Lipinski definition) is 4. The van der Waals surface area contributed by atoms with Crippen LogP contribution in [0, 0.1) is 6.92 Å². The predicted octanol–water partition coefficient (Wildman–Crippen LogP) is 0.928. The minimum absolute atomic E-state index is 0.159. The fourth-order valence-electron chi connectivity index (χ4n) is 2.06. The molecule has 0 spiro atoms. The van der Waals surface area contributed by atoms with Crippen LogP contribution >= 0.6 is 0 Å². The molecule has 2 rings (SSSR count). The van der Waals surface area contributed by atoms with Gasteiger partial charge in [0.15, 0.2) is 9.84 Å². The molecule has 5 nitrogen and oxygen atoms in total. The van der Waals surface area contributed by atoms with Crippen LogP contribution in [0.2, 0.25) is 0 Å². The number of aromatic carboxylic acids is 1. The third kappa shape index (κ3) is 2.64. The van der Waals surface area contributed by atoms with Gasteiger partial charge in [-0.2, -0.15) is 0 Å². The molecule has 0 atom stereocenters. The second kappa shape index (κ2) is 4.61. The number of nitrogens with zero attached hydrogens (tertiary/aromatic N) is 1. The van der Waals surface area contributed by atoms with E-state index in [1.807, 2.05) is 4.90 Å². The van der Waals surface area contributed by atoms with Crippen molar-refractivity contribution in [2.75, 3.05) is 29.5 Å². The summed E-state index contributed by atoms with van der Waals surface area (Å²) in [7, 11) is -2.89. The van der Waals surface area contributed by atoms with Gasteiger partial charge in [-0.15, -0.1) is 0 Å². The Kier molecular flexibility index (Phi) is 3.30. The van der Waals surface area contributed by atoms with Crippen LogP contribution in [0.15, 0.2) is 18.2 Å². The fourth-order valence-corrected chi connectivity index (χ4v) is 3.26. The van der Waals surface area contributed by atoms with Crippen LogP contribution in [-0.2, 0) is 9.84 Å². The van der Waals surface area contributed by atoms with E-state index >= 15 is 0 Å². The lowest BCUT2D eigenvalue weighted by atomic mass is 10.1. The standard InChI is InChI=1S/C12H15NO4S/c1-9-8-10(2-3-11(9)12(14)15)13-4-6-18(16,17)7-5-13/h2-3,8H,4-7H2,1H3,(H,14,15). The summed E-state index contributed by atoms with van der Waals surface area (Å²) < 4.78 is 22.7. The van der Waals surface area contributed by atoms with Gasteiger partial charge in [-0.05, 0) is 30.7 Å². The van der Waals surface area contributed by atoms with E-state index in [1.165, 1.54) is 0 Å². The van der Waals surface area contributed by atoms with Gasteiger partial charge in [0.05, 0.1) is 17.1 Å². The summed E-state index contributed by atoms with van der Waals surface area (Å²) >= 11 is 0. The molecule has 1 aromatic carbocycles. The van der Waals surface area contributed by atoms with Crippen molar-refractivity contribution in [3.05, 3.63) is 29.3 Å². The Morgan fingerprint density at radius 1 is 1.28 bits per heavy atom. The Balaban J connectivity index is 2.21. The van der Waals surface area contributed by atoms with E-state index in [-0.39, 0.29) is 17.1 Å². The fraction of sp³-hybridized carbons (Fsp3) is 0.417. The highest BCUT2D eigenvalue weighted by Gasteiger charge is 2.22. The van der Waals surface area contributed by atoms with Crippen molar-refractivity contribution in [1.82, 2.24) is 0 Å². The zero-order valence-corrected chi connectivity index (χ0v) is 10.9. The third-order valence-corrected chi connectivity index (χ3v) is 4.76. The number of anilines is 1. The van der Waals surface area contributed by atoms with Gasteiger partial charge in [-0.1, -0.05) is 0 Å². The van der Waals surface area contributed by atoms with Crippen LogP contribution in [0.3, 0.4) is 0 Å². The van der Waals surface area contributed by atoms with Crippen molar-refractivity contribution in [1.29, 1.82) is 0 Å². The molecule has 1 fully saturated rings. The highest BCUT2D eigenvalue weighted by molar-refractivity contribution is 7.91. The molecule has 0 amide bonds. The number of carboxylic acids is 1. The van der Waals surface area contributed by atoms with Gasteiger partial charge in [0.1, 0.15) is 0 Å². The topological polar surface area (TPSA) is 74.7 Å². The van der Waals surface area contributed by atoms with E-state index in [2.05, 4.69) is 0 Å². The Bertz CT molecular complexity index is 566. The normalized spacial score (nSPS) is 18.6. The zero-order valence-electron chi connectivity index (χ0n) is 10.1. The van der Waals surface area contributed by atoms with E-state index in [9.17, 15) is 13.2 Å². The number of carboxylic acid groups (broad SMARTS) is 1. The monoisotopic (exact) mass is 269 g/mol. The molecule has 18 heavy (non-hydrogen) atoms. The number of carbonyl (C=O) groups is 1. The van der Waals surface area contributed by atoms with Crippen molar-refractivity contribution in [3.63, 3.8) is 0 Å². The zero-order chi connectivity index (χ0) is 13.3. The first-order valence-electron chi connectivity index (χ1n) is 5.68. The summed E-state index contributed by atoms with van der Waals surface area (Å²) in [6, 6.07) is 5.09. The molecular formula is C12H15NO4S. The Labute approximate surface area is 106 Å². The van der Waals surface area contributed by atoms with E-state index in [0.717, 1.165) is 5.69 Å². The van der Waals surface area contributed by atoms with Crippen molar-refractivity contribution >= 4 is 21.5 Å². The van der Waals surface area contributed by atoms with Gasteiger partial charge >= 0.3 is 5.97 Å². The summed E-state index contributed by atoms with van der Waals surface area (Å²) in [6.07, 6.45) is 0. The molecule has 0 unspecified atom stereocenters. The summed E-state index contributed by atoms with van der Waals surface area (Å²) in [6.45, 7) is 2.68. The second-order valence-electron chi connectivity index (χ2n) is 4.44. The maximum atomic E-state index is 11.3. The average molecular weight is 269 g/mol.